The van der Waals surface area contributed by atoms with E-state index in [-0.39, 0.29) is 18.8 Å². The minimum atomic E-state index is -0.492. The van der Waals surface area contributed by atoms with Crippen molar-refractivity contribution >= 4 is 0 Å². The third kappa shape index (κ3) is 3.94. The third-order valence-corrected chi connectivity index (χ3v) is 4.01. The van der Waals surface area contributed by atoms with Crippen LogP contribution in [0, 0.1) is 17.8 Å². The molecular formula is C15H30O3. The zero-order valence-electron chi connectivity index (χ0n) is 12.8. The Morgan fingerprint density at radius 1 is 1.22 bits per heavy atom. The molecular weight excluding hydrogens is 228 g/mol. The van der Waals surface area contributed by atoms with Gasteiger partial charge in [-0.25, -0.2) is 0 Å². The van der Waals surface area contributed by atoms with Crippen molar-refractivity contribution in [3.63, 3.8) is 0 Å². The minimum Gasteiger partial charge on any atom is -0.396 e. The van der Waals surface area contributed by atoms with Crippen molar-refractivity contribution < 1.29 is 14.6 Å². The van der Waals surface area contributed by atoms with E-state index in [1.54, 1.807) is 0 Å². The molecule has 0 aliphatic carbocycles. The average Bonchev–Trinajstić information content (AvgIpc) is 2.31. The van der Waals surface area contributed by atoms with Crippen LogP contribution in [0.3, 0.4) is 0 Å². The van der Waals surface area contributed by atoms with Crippen LogP contribution in [0.25, 0.3) is 0 Å². The molecule has 1 saturated heterocycles. The van der Waals surface area contributed by atoms with Crippen LogP contribution in [0.4, 0.5) is 0 Å². The summed E-state index contributed by atoms with van der Waals surface area (Å²) < 4.78 is 12.1. The Kier molecular flexibility index (Phi) is 5.63. The van der Waals surface area contributed by atoms with Crippen LogP contribution in [-0.4, -0.2) is 29.7 Å². The van der Waals surface area contributed by atoms with E-state index in [1.807, 2.05) is 13.8 Å². The molecule has 1 aliphatic rings. The number of aliphatic hydroxyl groups excluding tert-OH is 1. The molecule has 108 valence electrons. The molecule has 3 nitrogen and oxygen atoms in total. The van der Waals surface area contributed by atoms with Crippen LogP contribution in [0.1, 0.15) is 54.4 Å². The maximum absolute atomic E-state index is 9.18. The van der Waals surface area contributed by atoms with Gasteiger partial charge in [0.2, 0.25) is 0 Å². The van der Waals surface area contributed by atoms with Gasteiger partial charge in [-0.05, 0) is 38.5 Å². The first kappa shape index (κ1) is 15.9. The number of hydrogen-bond donors (Lipinski definition) is 1. The Morgan fingerprint density at radius 3 is 2.33 bits per heavy atom. The van der Waals surface area contributed by atoms with Crippen molar-refractivity contribution in [1.82, 2.24) is 0 Å². The zero-order chi connectivity index (χ0) is 13.9. The predicted molar refractivity (Wildman–Crippen MR) is 73.3 cm³/mol. The van der Waals surface area contributed by atoms with E-state index in [9.17, 15) is 5.11 Å². The van der Waals surface area contributed by atoms with E-state index >= 15 is 0 Å². The van der Waals surface area contributed by atoms with Crippen LogP contribution in [0.15, 0.2) is 0 Å². The topological polar surface area (TPSA) is 38.7 Å². The fraction of sp³-hybridized carbons (Fsp3) is 1.00. The molecule has 0 saturated carbocycles. The number of ether oxygens (including phenoxy) is 2. The van der Waals surface area contributed by atoms with Gasteiger partial charge in [-0.1, -0.05) is 27.7 Å². The molecule has 0 unspecified atom stereocenters. The van der Waals surface area contributed by atoms with Gasteiger partial charge in [0.05, 0.1) is 12.2 Å². The van der Waals surface area contributed by atoms with Crippen molar-refractivity contribution in [2.24, 2.45) is 17.8 Å². The zero-order valence-corrected chi connectivity index (χ0v) is 12.8. The van der Waals surface area contributed by atoms with Crippen molar-refractivity contribution in [2.45, 2.75) is 72.4 Å². The first-order valence-corrected chi connectivity index (χ1v) is 7.27. The van der Waals surface area contributed by atoms with Gasteiger partial charge >= 0.3 is 0 Å². The van der Waals surface area contributed by atoms with Gasteiger partial charge in [-0.3, -0.25) is 0 Å². The minimum absolute atomic E-state index is 0.215. The summed E-state index contributed by atoms with van der Waals surface area (Å²) in [4.78, 5) is 0. The van der Waals surface area contributed by atoms with Gasteiger partial charge in [-0.15, -0.1) is 0 Å². The molecule has 0 radical (unpaired) electrons. The molecule has 1 N–H and O–H groups in total. The summed E-state index contributed by atoms with van der Waals surface area (Å²) in [5, 5.41) is 9.18. The monoisotopic (exact) mass is 258 g/mol. The number of aliphatic hydroxyl groups is 1. The SMILES string of the molecule is CC[C@@H]1OC(C)(C)O[C@@H]([C@H](C)C[C@@H](C)CO)[C@@H]1C. The molecule has 0 aromatic heterocycles. The highest BCUT2D eigenvalue weighted by molar-refractivity contribution is 4.85. The predicted octanol–water partition coefficient (Wildman–Crippen LogP) is 3.21. The summed E-state index contributed by atoms with van der Waals surface area (Å²) in [5.74, 6) is 0.694. The summed E-state index contributed by atoms with van der Waals surface area (Å²) in [6, 6.07) is 0. The Morgan fingerprint density at radius 2 is 1.83 bits per heavy atom. The van der Waals surface area contributed by atoms with E-state index in [1.165, 1.54) is 0 Å². The third-order valence-electron chi connectivity index (χ3n) is 4.01. The molecule has 1 heterocycles. The van der Waals surface area contributed by atoms with E-state index < -0.39 is 5.79 Å². The van der Waals surface area contributed by atoms with Gasteiger partial charge in [0.25, 0.3) is 0 Å². The van der Waals surface area contributed by atoms with Crippen LogP contribution >= 0.6 is 0 Å². The quantitative estimate of drug-likeness (QED) is 0.823. The smallest absolute Gasteiger partial charge is 0.163 e. The van der Waals surface area contributed by atoms with E-state index in [2.05, 4.69) is 27.7 Å². The van der Waals surface area contributed by atoms with E-state index in [0.717, 1.165) is 12.8 Å². The number of hydrogen-bond acceptors (Lipinski definition) is 3. The fourth-order valence-corrected chi connectivity index (χ4v) is 3.08. The van der Waals surface area contributed by atoms with E-state index in [4.69, 9.17) is 9.47 Å². The second-order valence-corrected chi connectivity index (χ2v) is 6.41. The first-order chi connectivity index (χ1) is 8.30. The van der Waals surface area contributed by atoms with E-state index in [0.29, 0.717) is 17.8 Å². The Hall–Kier alpha value is -0.120. The molecule has 0 aromatic rings. The van der Waals surface area contributed by atoms with Crippen molar-refractivity contribution in [3.05, 3.63) is 0 Å². The van der Waals surface area contributed by atoms with Gasteiger partial charge in [0, 0.05) is 12.5 Å². The Labute approximate surface area is 112 Å². The van der Waals surface area contributed by atoms with Crippen LogP contribution < -0.4 is 0 Å². The highest BCUT2D eigenvalue weighted by Gasteiger charge is 2.42. The van der Waals surface area contributed by atoms with Gasteiger partial charge in [0.1, 0.15) is 0 Å². The molecule has 1 fully saturated rings. The van der Waals surface area contributed by atoms with Crippen LogP contribution in [0.2, 0.25) is 0 Å². The molecule has 0 spiro atoms. The summed E-state index contributed by atoms with van der Waals surface area (Å²) in [6.45, 7) is 12.9. The normalized spacial score (nSPS) is 35.2. The largest absolute Gasteiger partial charge is 0.396 e. The maximum Gasteiger partial charge on any atom is 0.163 e. The lowest BCUT2D eigenvalue weighted by molar-refractivity contribution is -0.327. The van der Waals surface area contributed by atoms with Gasteiger partial charge in [-0.2, -0.15) is 0 Å². The van der Waals surface area contributed by atoms with Gasteiger partial charge in [0.15, 0.2) is 5.79 Å². The highest BCUT2D eigenvalue weighted by atomic mass is 16.7. The number of rotatable bonds is 5. The summed E-state index contributed by atoms with van der Waals surface area (Å²) in [5.41, 5.74) is 0. The second-order valence-electron chi connectivity index (χ2n) is 6.41. The lowest BCUT2D eigenvalue weighted by Gasteiger charge is -2.47. The first-order valence-electron chi connectivity index (χ1n) is 7.27. The van der Waals surface area contributed by atoms with Crippen molar-refractivity contribution in [1.29, 1.82) is 0 Å². The van der Waals surface area contributed by atoms with Crippen molar-refractivity contribution in [3.8, 4) is 0 Å². The molecule has 1 aliphatic heterocycles. The fourth-order valence-electron chi connectivity index (χ4n) is 3.08. The standard InChI is InChI=1S/C15H30O3/c1-7-13-12(4)14(18-15(5,6)17-13)11(3)8-10(2)9-16/h10-14,16H,7-9H2,1-6H3/t10-,11-,12-,13+,14+/m1/s1. The van der Waals surface area contributed by atoms with Gasteiger partial charge < -0.3 is 14.6 Å². The van der Waals surface area contributed by atoms with Crippen LogP contribution in [0.5, 0.6) is 0 Å². The molecule has 0 bridgehead atoms. The highest BCUT2D eigenvalue weighted by Crippen LogP contribution is 2.37. The molecule has 18 heavy (non-hydrogen) atoms. The lowest BCUT2D eigenvalue weighted by Crippen LogP contribution is -2.52. The lowest BCUT2D eigenvalue weighted by atomic mass is 9.82. The molecule has 5 atom stereocenters. The Bertz CT molecular complexity index is 252. The summed E-state index contributed by atoms with van der Waals surface area (Å²) >= 11 is 0. The summed E-state index contributed by atoms with van der Waals surface area (Å²) in [6.07, 6.45) is 2.50. The van der Waals surface area contributed by atoms with Crippen molar-refractivity contribution in [2.75, 3.05) is 6.61 Å². The molecule has 1 rings (SSSR count). The summed E-state index contributed by atoms with van der Waals surface area (Å²) in [7, 11) is 0. The Balaban J connectivity index is 2.72. The second kappa shape index (κ2) is 6.36. The average molecular weight is 258 g/mol. The molecule has 3 heteroatoms. The maximum atomic E-state index is 9.18. The molecule has 0 amide bonds. The van der Waals surface area contributed by atoms with Crippen LogP contribution in [-0.2, 0) is 9.47 Å². The molecule has 0 aromatic carbocycles.